The molecule has 16 nitrogen and oxygen atoms in total. The molecular weight excluding hydrogens is 282 g/mol. The molecule has 0 N–H and O–H groups in total. The number of hydrogen-bond acceptors (Lipinski definition) is 12. The van der Waals surface area contributed by atoms with Crippen LogP contribution < -0.4 is 18.9 Å². The molecule has 0 aliphatic rings. The molecule has 0 radical (unpaired) electrons. The molecule has 0 heterocycles. The van der Waals surface area contributed by atoms with Crippen molar-refractivity contribution in [3.8, 4) is 0 Å². The van der Waals surface area contributed by atoms with Crippen LogP contribution in [0.5, 0.6) is 0 Å². The zero-order chi connectivity index (χ0) is 14.3. The van der Waals surface area contributed by atoms with Crippen LogP contribution in [0.4, 0.5) is 0 Å². The molecule has 0 aliphatic heterocycles. The van der Waals surface area contributed by atoms with Crippen molar-refractivity contribution in [3.05, 3.63) is 61.3 Å². The van der Waals surface area contributed by atoms with Crippen molar-refractivity contribution in [2.24, 2.45) is 0 Å². The van der Waals surface area contributed by atoms with E-state index in [1.54, 1.807) is 0 Å². The zero-order valence-electron chi connectivity index (χ0n) is 8.27. The third-order valence-electron chi connectivity index (χ3n) is 0. The molecule has 0 fully saturated rings. The topological polar surface area (TPSA) is 265 Å². The van der Waals surface area contributed by atoms with Crippen LogP contribution in [0, 0.1) is 61.3 Å². The van der Waals surface area contributed by atoms with Gasteiger partial charge in [-0.2, -0.15) is 0 Å². The van der Waals surface area contributed by atoms with E-state index >= 15 is 0 Å². The first-order valence-corrected chi connectivity index (χ1v) is 2.19. The summed E-state index contributed by atoms with van der Waals surface area (Å²) in [4.78, 5) is 33.0. The first-order chi connectivity index (χ1) is 6.93. The average Bonchev–Trinajstić information content (AvgIpc) is 1.76. The molecule has 0 aromatic rings. The first-order valence-electron chi connectivity index (χ1n) is 2.19. The van der Waals surface area contributed by atoms with Crippen LogP contribution in [0.2, 0.25) is 0 Å². The van der Waals surface area contributed by atoms with Gasteiger partial charge in [0, 0.05) is 0 Å². The van der Waals surface area contributed by atoms with E-state index in [-0.39, 0.29) is 36.2 Å². The second kappa shape index (κ2) is 29.4. The van der Waals surface area contributed by atoms with Crippen LogP contribution in [0.15, 0.2) is 0 Å². The van der Waals surface area contributed by atoms with Gasteiger partial charge in [-0.1, -0.05) is 0 Å². The number of hydrogen-bond donors (Lipinski definition) is 0. The second-order valence-electron chi connectivity index (χ2n) is 0.894. The summed E-state index contributed by atoms with van der Waals surface area (Å²) in [6.45, 7) is 0. The van der Waals surface area contributed by atoms with Gasteiger partial charge in [0.15, 0.2) is 0 Å². The number of rotatable bonds is 0. The average molecular weight is 282 g/mol. The Morgan fingerprint density at radius 3 is 0.444 bits per heavy atom. The monoisotopic (exact) mass is 282 g/mol. The van der Waals surface area contributed by atoms with Gasteiger partial charge >= 0.3 is 36.2 Å². The van der Waals surface area contributed by atoms with Gasteiger partial charge in [0.05, 0.1) is 20.3 Å². The predicted molar refractivity (Wildman–Crippen MR) is 47.2 cm³/mol. The van der Waals surface area contributed by atoms with Gasteiger partial charge in [-0.05, 0) is 0 Å². The minimum absolute atomic E-state index is 0. The fourth-order valence-corrected chi connectivity index (χ4v) is 0. The summed E-state index contributed by atoms with van der Waals surface area (Å²) < 4.78 is 0. The van der Waals surface area contributed by atoms with E-state index in [4.69, 9.17) is 61.3 Å². The summed E-state index contributed by atoms with van der Waals surface area (Å²) in [7, 11) is 0. The maximum absolute atomic E-state index is 8.25. The third-order valence-corrected chi connectivity index (χ3v) is 0. The van der Waals surface area contributed by atoms with Gasteiger partial charge in [-0.3, -0.25) is 0 Å². The molecule has 0 aliphatic carbocycles. The Kier molecular flexibility index (Phi) is 58.8. The normalized spacial score (nSPS) is 5.33. The summed E-state index contributed by atoms with van der Waals surface area (Å²) in [5.74, 6) is 0. The van der Waals surface area contributed by atoms with Crippen LogP contribution in [0.1, 0.15) is 0 Å². The molecule has 0 aromatic carbocycles. The van der Waals surface area contributed by atoms with Crippen molar-refractivity contribution in [1.29, 1.82) is 0 Å². The van der Waals surface area contributed by atoms with E-state index in [9.17, 15) is 0 Å². The largest absolute Gasteiger partial charge is 3.00 e. The quantitative estimate of drug-likeness (QED) is 0.231. The fourth-order valence-electron chi connectivity index (χ4n) is 0. The van der Waals surface area contributed by atoms with E-state index in [1.165, 1.54) is 0 Å². The van der Waals surface area contributed by atoms with Crippen molar-refractivity contribution in [1.82, 2.24) is 0 Å². The minimum atomic E-state index is -1.75. The minimum Gasteiger partial charge on any atom is -0.356 e. The predicted octanol–water partition coefficient (Wildman–Crippen LogP) is -4.33. The summed E-state index contributed by atoms with van der Waals surface area (Å²) in [5, 5.41) is 59.0. The van der Waals surface area contributed by atoms with Crippen LogP contribution in [0.25, 0.3) is 0 Å². The molecule has 0 rings (SSSR count). The summed E-state index contributed by atoms with van der Waals surface area (Å²) in [6.07, 6.45) is 0. The molecule has 18 heavy (non-hydrogen) atoms. The fraction of sp³-hybridized carbons (Fsp3) is 0. The van der Waals surface area contributed by atoms with Crippen molar-refractivity contribution < 1.29 is 39.2 Å². The van der Waals surface area contributed by atoms with Gasteiger partial charge in [0.2, 0.25) is 0 Å². The third kappa shape index (κ3) is 543. The van der Waals surface area contributed by atoms with Crippen LogP contribution >= 0.6 is 0 Å². The molecule has 0 aromatic heterocycles. The van der Waals surface area contributed by atoms with E-state index in [2.05, 4.69) is 0 Å². The summed E-state index contributed by atoms with van der Waals surface area (Å²) in [6, 6.07) is 0. The van der Waals surface area contributed by atoms with E-state index in [1.807, 2.05) is 0 Å². The first kappa shape index (κ1) is 36.0. The SMILES string of the molecule is O=[N+]([O-])[O-].O=[N+]([O-])[O-].O=[N+]([O-])[O-].O=[N+]([O-])[O-].[Al+3].[Li+]. The Balaban J connectivity index is -0.0000000257. The zero-order valence-corrected chi connectivity index (χ0v) is 9.42. The Labute approximate surface area is 118 Å². The second-order valence-corrected chi connectivity index (χ2v) is 0.894. The van der Waals surface area contributed by atoms with Gasteiger partial charge in [0.25, 0.3) is 0 Å². The maximum atomic E-state index is 8.25. The maximum Gasteiger partial charge on any atom is 3.00 e. The van der Waals surface area contributed by atoms with Gasteiger partial charge < -0.3 is 61.3 Å². The summed E-state index contributed by atoms with van der Waals surface area (Å²) in [5.41, 5.74) is 0. The van der Waals surface area contributed by atoms with E-state index in [0.717, 1.165) is 0 Å². The molecule has 0 amide bonds. The Morgan fingerprint density at radius 2 is 0.444 bits per heavy atom. The van der Waals surface area contributed by atoms with Crippen molar-refractivity contribution >= 4 is 17.4 Å². The van der Waals surface area contributed by atoms with Crippen LogP contribution in [-0.4, -0.2) is 37.7 Å². The molecule has 0 bridgehead atoms. The number of nitrogens with zero attached hydrogens (tertiary/aromatic N) is 4. The van der Waals surface area contributed by atoms with Gasteiger partial charge in [-0.15, -0.1) is 0 Å². The molecule has 0 saturated heterocycles. The molecule has 0 unspecified atom stereocenters. The Morgan fingerprint density at radius 1 is 0.444 bits per heavy atom. The molecule has 0 spiro atoms. The van der Waals surface area contributed by atoms with E-state index < -0.39 is 20.3 Å². The smallest absolute Gasteiger partial charge is 0.356 e. The molecule has 96 valence electrons. The molecule has 18 heteroatoms. The molecular formula is AlLiN4O12. The van der Waals surface area contributed by atoms with Crippen LogP contribution in [0.3, 0.4) is 0 Å². The Bertz CT molecular complexity index is 164. The van der Waals surface area contributed by atoms with E-state index in [0.29, 0.717) is 0 Å². The summed E-state index contributed by atoms with van der Waals surface area (Å²) >= 11 is 0. The Hall–Kier alpha value is -2.07. The van der Waals surface area contributed by atoms with Crippen molar-refractivity contribution in [3.63, 3.8) is 0 Å². The van der Waals surface area contributed by atoms with Crippen LogP contribution in [-0.2, 0) is 0 Å². The van der Waals surface area contributed by atoms with Gasteiger partial charge in [0.1, 0.15) is 0 Å². The molecule has 0 atom stereocenters. The molecule has 0 saturated carbocycles. The van der Waals surface area contributed by atoms with Gasteiger partial charge in [-0.25, -0.2) is 0 Å². The standard InChI is InChI=1S/Al.Li.4NO3/c;;4*2-1(3)4/q+3;+1;4*-1. The van der Waals surface area contributed by atoms with Crippen molar-refractivity contribution in [2.75, 3.05) is 0 Å². The van der Waals surface area contributed by atoms with Crippen molar-refractivity contribution in [2.45, 2.75) is 0 Å².